The maximum Gasteiger partial charge on any atom is 0.343 e. The van der Waals surface area contributed by atoms with Gasteiger partial charge in [-0.25, -0.2) is 9.79 Å². The van der Waals surface area contributed by atoms with E-state index in [1.807, 2.05) is 20.3 Å². The Morgan fingerprint density at radius 3 is 3.15 bits per heavy atom. The van der Waals surface area contributed by atoms with Gasteiger partial charge in [-0.2, -0.15) is 5.10 Å². The Labute approximate surface area is 119 Å². The van der Waals surface area contributed by atoms with Crippen LogP contribution in [0.2, 0.25) is 0 Å². The predicted octanol–water partition coefficient (Wildman–Crippen LogP) is 1.85. The molecular formula is C14H22N4O2. The summed E-state index contributed by atoms with van der Waals surface area (Å²) >= 11 is 0. The quantitative estimate of drug-likeness (QED) is 0.793. The zero-order valence-corrected chi connectivity index (χ0v) is 12.3. The lowest BCUT2D eigenvalue weighted by Gasteiger charge is -2.34. The second kappa shape index (κ2) is 6.65. The predicted molar refractivity (Wildman–Crippen MR) is 77.0 cm³/mol. The highest BCUT2D eigenvalue weighted by atomic mass is 16.5. The summed E-state index contributed by atoms with van der Waals surface area (Å²) < 4.78 is 7.31. The van der Waals surface area contributed by atoms with E-state index in [9.17, 15) is 4.79 Å². The van der Waals surface area contributed by atoms with Gasteiger partial charge >= 0.3 is 6.03 Å². The van der Waals surface area contributed by atoms with Crippen LogP contribution in [0, 0.1) is 0 Å². The van der Waals surface area contributed by atoms with Gasteiger partial charge in [-0.3, -0.25) is 4.68 Å². The highest BCUT2D eigenvalue weighted by Gasteiger charge is 2.26. The number of carbonyl (C=O) groups excluding carboxylic acids is 1. The van der Waals surface area contributed by atoms with Crippen LogP contribution in [0.5, 0.6) is 0 Å². The average Bonchev–Trinajstić information content (AvgIpc) is 2.89. The number of amides is 2. The van der Waals surface area contributed by atoms with Crippen LogP contribution in [-0.4, -0.2) is 52.7 Å². The van der Waals surface area contributed by atoms with Gasteiger partial charge in [0.05, 0.1) is 12.3 Å². The maximum atomic E-state index is 12.1. The Bertz CT molecular complexity index is 483. The first-order valence-corrected chi connectivity index (χ1v) is 7.01. The molecule has 0 unspecified atom stereocenters. The monoisotopic (exact) mass is 278 g/mol. The number of ether oxygens (including phenoxy) is 1. The summed E-state index contributed by atoms with van der Waals surface area (Å²) in [6.45, 7) is 2.82. The van der Waals surface area contributed by atoms with Crippen molar-refractivity contribution in [1.82, 2.24) is 14.7 Å². The van der Waals surface area contributed by atoms with E-state index < -0.39 is 0 Å². The fourth-order valence-electron chi connectivity index (χ4n) is 2.38. The van der Waals surface area contributed by atoms with Crippen molar-refractivity contribution < 1.29 is 9.53 Å². The first-order chi connectivity index (χ1) is 9.60. The topological polar surface area (TPSA) is 59.7 Å². The van der Waals surface area contributed by atoms with Gasteiger partial charge in [0.2, 0.25) is 0 Å². The average molecular weight is 278 g/mol. The zero-order chi connectivity index (χ0) is 14.5. The second-order valence-electron chi connectivity index (χ2n) is 5.18. The minimum Gasteiger partial charge on any atom is -0.378 e. The van der Waals surface area contributed by atoms with E-state index in [1.165, 1.54) is 0 Å². The van der Waals surface area contributed by atoms with Gasteiger partial charge in [0.25, 0.3) is 0 Å². The molecule has 110 valence electrons. The van der Waals surface area contributed by atoms with Crippen LogP contribution in [-0.2, 0) is 11.8 Å². The van der Waals surface area contributed by atoms with Gasteiger partial charge in [-0.15, -0.1) is 0 Å². The van der Waals surface area contributed by atoms with Crippen LogP contribution >= 0.6 is 0 Å². The number of aryl methyl sites for hydroxylation is 1. The molecule has 0 radical (unpaired) electrons. The van der Waals surface area contributed by atoms with Gasteiger partial charge in [0.1, 0.15) is 0 Å². The molecule has 2 amide bonds. The molecule has 6 nitrogen and oxygen atoms in total. The van der Waals surface area contributed by atoms with Crippen molar-refractivity contribution in [2.45, 2.75) is 38.3 Å². The molecule has 2 rings (SSSR count). The number of rotatable bonds is 3. The number of nitrogens with zero attached hydrogens (tertiary/aromatic N) is 4. The van der Waals surface area contributed by atoms with Gasteiger partial charge in [0, 0.05) is 44.7 Å². The third kappa shape index (κ3) is 3.66. The van der Waals surface area contributed by atoms with Crippen LogP contribution in [0.15, 0.2) is 17.4 Å². The fourth-order valence-corrected chi connectivity index (χ4v) is 2.38. The van der Waals surface area contributed by atoms with E-state index in [2.05, 4.69) is 17.0 Å². The summed E-state index contributed by atoms with van der Waals surface area (Å²) in [5, 5.41) is 4.03. The Morgan fingerprint density at radius 1 is 1.70 bits per heavy atom. The summed E-state index contributed by atoms with van der Waals surface area (Å²) in [4.78, 5) is 17.8. The normalized spacial score (nSPS) is 23.1. The number of urea groups is 1. The van der Waals surface area contributed by atoms with E-state index in [-0.39, 0.29) is 18.2 Å². The SMILES string of the molecule is CC[C@H]1C[C@@H](N(C)C(=O)/N=C/c2cnn(C)c2)CCO1. The van der Waals surface area contributed by atoms with Crippen molar-refractivity contribution >= 4 is 12.2 Å². The molecule has 0 bridgehead atoms. The van der Waals surface area contributed by atoms with Crippen molar-refractivity contribution in [2.75, 3.05) is 13.7 Å². The number of hydrogen-bond acceptors (Lipinski definition) is 3. The lowest BCUT2D eigenvalue weighted by Crippen LogP contribution is -2.42. The summed E-state index contributed by atoms with van der Waals surface area (Å²) in [6, 6.07) is 0.00264. The minimum atomic E-state index is -0.212. The molecule has 0 aliphatic carbocycles. The Morgan fingerprint density at radius 2 is 2.50 bits per heavy atom. The van der Waals surface area contributed by atoms with Gasteiger partial charge in [0.15, 0.2) is 0 Å². The molecule has 20 heavy (non-hydrogen) atoms. The Kier molecular flexibility index (Phi) is 4.89. The standard InChI is InChI=1S/C14H22N4O2/c1-4-13-7-12(5-6-20-13)18(3)14(19)15-8-11-9-16-17(2)10-11/h8-10,12-13H,4-7H2,1-3H3/b15-8+/t12-,13-/m0/s1. The Hall–Kier alpha value is -1.69. The van der Waals surface area contributed by atoms with E-state index in [4.69, 9.17) is 4.74 Å². The lowest BCUT2D eigenvalue weighted by atomic mass is 10.0. The van der Waals surface area contributed by atoms with E-state index >= 15 is 0 Å². The first-order valence-electron chi connectivity index (χ1n) is 7.01. The van der Waals surface area contributed by atoms with Crippen LogP contribution < -0.4 is 0 Å². The third-order valence-electron chi connectivity index (χ3n) is 3.69. The molecule has 0 saturated carbocycles. The van der Waals surface area contributed by atoms with Gasteiger partial charge < -0.3 is 9.64 Å². The van der Waals surface area contributed by atoms with Crippen molar-refractivity contribution in [2.24, 2.45) is 12.0 Å². The van der Waals surface area contributed by atoms with Crippen LogP contribution in [0.4, 0.5) is 4.79 Å². The van der Waals surface area contributed by atoms with Crippen molar-refractivity contribution in [3.63, 3.8) is 0 Å². The molecule has 6 heteroatoms. The van der Waals surface area contributed by atoms with Gasteiger partial charge in [-0.1, -0.05) is 6.92 Å². The number of aromatic nitrogens is 2. The molecule has 1 aromatic heterocycles. The molecule has 1 fully saturated rings. The smallest absolute Gasteiger partial charge is 0.343 e. The summed E-state index contributed by atoms with van der Waals surface area (Å²) in [5.41, 5.74) is 0.827. The van der Waals surface area contributed by atoms with Crippen molar-refractivity contribution in [3.05, 3.63) is 18.0 Å². The van der Waals surface area contributed by atoms with E-state index in [0.29, 0.717) is 6.61 Å². The van der Waals surface area contributed by atoms with Crippen LogP contribution in [0.1, 0.15) is 31.7 Å². The molecule has 2 atom stereocenters. The minimum absolute atomic E-state index is 0.212. The molecule has 0 spiro atoms. The second-order valence-corrected chi connectivity index (χ2v) is 5.18. The molecule has 1 saturated heterocycles. The lowest BCUT2D eigenvalue weighted by molar-refractivity contribution is -0.0153. The molecule has 0 aromatic carbocycles. The van der Waals surface area contributed by atoms with Gasteiger partial charge in [-0.05, 0) is 19.3 Å². The maximum absolute atomic E-state index is 12.1. The number of hydrogen-bond donors (Lipinski definition) is 0. The zero-order valence-electron chi connectivity index (χ0n) is 12.3. The number of carbonyl (C=O) groups is 1. The summed E-state index contributed by atoms with van der Waals surface area (Å²) in [6.07, 6.45) is 8.06. The van der Waals surface area contributed by atoms with Crippen molar-refractivity contribution in [3.8, 4) is 0 Å². The third-order valence-corrected chi connectivity index (χ3v) is 3.69. The fraction of sp³-hybridized carbons (Fsp3) is 0.643. The summed E-state index contributed by atoms with van der Waals surface area (Å²) in [5.74, 6) is 0. The van der Waals surface area contributed by atoms with E-state index in [1.54, 1.807) is 22.0 Å². The molecule has 1 aliphatic heterocycles. The molecule has 1 aromatic rings. The largest absolute Gasteiger partial charge is 0.378 e. The Balaban J connectivity index is 1.92. The highest BCUT2D eigenvalue weighted by molar-refractivity contribution is 5.90. The first kappa shape index (κ1) is 14.7. The molecular weight excluding hydrogens is 256 g/mol. The number of aliphatic imine (C=N–C) groups is 1. The molecule has 1 aliphatic rings. The highest BCUT2D eigenvalue weighted by Crippen LogP contribution is 2.20. The van der Waals surface area contributed by atoms with Crippen LogP contribution in [0.3, 0.4) is 0 Å². The van der Waals surface area contributed by atoms with Crippen molar-refractivity contribution in [1.29, 1.82) is 0 Å². The van der Waals surface area contributed by atoms with E-state index in [0.717, 1.165) is 24.8 Å². The molecule has 2 heterocycles. The molecule has 0 N–H and O–H groups in total. The van der Waals surface area contributed by atoms with Crippen LogP contribution in [0.25, 0.3) is 0 Å². The summed E-state index contributed by atoms with van der Waals surface area (Å²) in [7, 11) is 3.64.